The van der Waals surface area contributed by atoms with Crippen LogP contribution in [-0.2, 0) is 0 Å². The van der Waals surface area contributed by atoms with Crippen LogP contribution in [0.2, 0.25) is 0 Å². The number of hydrogen-bond acceptors (Lipinski definition) is 8. The monoisotopic (exact) mass is 455 g/mol. The van der Waals surface area contributed by atoms with Crippen LogP contribution in [0.1, 0.15) is 44.9 Å². The Morgan fingerprint density at radius 3 is 2.73 bits per heavy atom. The molecule has 178 valence electrons. The van der Waals surface area contributed by atoms with E-state index in [0.717, 1.165) is 31.9 Å². The van der Waals surface area contributed by atoms with Crippen LogP contribution in [0.3, 0.4) is 0 Å². The highest BCUT2D eigenvalue weighted by atomic mass is 19.1. The molecule has 1 unspecified atom stereocenters. The zero-order valence-electron chi connectivity index (χ0n) is 19.2. The van der Waals surface area contributed by atoms with Crippen LogP contribution < -0.4 is 20.3 Å². The van der Waals surface area contributed by atoms with Gasteiger partial charge in [-0.05, 0) is 50.3 Å². The fraction of sp³-hybridized carbons (Fsp3) is 0.625. The molecule has 3 heterocycles. The van der Waals surface area contributed by atoms with Crippen LogP contribution in [-0.4, -0.2) is 65.5 Å². The number of benzene rings is 1. The number of nitrogens with one attached hydrogen (secondary N) is 2. The van der Waals surface area contributed by atoms with Gasteiger partial charge in [-0.2, -0.15) is 15.0 Å². The molecule has 1 aromatic heterocycles. The standard InChI is InChI=1S/C24H34FN7O/c25-17-33-21-10-4-8-19(14-21)27-23-28-22(26-15-18-6-2-1-3-7-18)29-24(30-23)32-13-12-31-11-5-9-20(31)16-32/h4,8,10,14,18,20H,1-3,5-7,9,11-13,15-17H2,(H2,26,27,28,29,30). The Labute approximate surface area is 195 Å². The molecule has 0 amide bonds. The fourth-order valence-corrected chi connectivity index (χ4v) is 5.30. The maximum absolute atomic E-state index is 12.6. The summed E-state index contributed by atoms with van der Waals surface area (Å²) in [7, 11) is 0. The minimum absolute atomic E-state index is 0.463. The van der Waals surface area contributed by atoms with Crippen LogP contribution in [0, 0.1) is 5.92 Å². The highest BCUT2D eigenvalue weighted by Gasteiger charge is 2.32. The molecule has 3 aliphatic rings. The van der Waals surface area contributed by atoms with Crippen molar-refractivity contribution in [2.45, 2.75) is 51.0 Å². The predicted octanol–water partition coefficient (Wildman–Crippen LogP) is 4.20. The number of rotatable bonds is 8. The van der Waals surface area contributed by atoms with Gasteiger partial charge in [0.25, 0.3) is 0 Å². The lowest BCUT2D eigenvalue weighted by Crippen LogP contribution is -2.50. The molecule has 2 saturated heterocycles. The normalized spacial score (nSPS) is 21.6. The quantitative estimate of drug-likeness (QED) is 0.613. The first kappa shape index (κ1) is 22.1. The van der Waals surface area contributed by atoms with Gasteiger partial charge < -0.3 is 20.3 Å². The Balaban J connectivity index is 1.35. The van der Waals surface area contributed by atoms with Crippen molar-refractivity contribution in [1.82, 2.24) is 19.9 Å². The maximum Gasteiger partial charge on any atom is 0.233 e. The van der Waals surface area contributed by atoms with E-state index in [1.807, 2.05) is 12.1 Å². The number of piperazine rings is 1. The molecule has 1 aliphatic carbocycles. The summed E-state index contributed by atoms with van der Waals surface area (Å²) in [5.41, 5.74) is 0.747. The fourth-order valence-electron chi connectivity index (χ4n) is 5.30. The molecular formula is C24H34FN7O. The number of halogens is 1. The summed E-state index contributed by atoms with van der Waals surface area (Å²) >= 11 is 0. The van der Waals surface area contributed by atoms with Crippen molar-refractivity contribution in [3.05, 3.63) is 24.3 Å². The van der Waals surface area contributed by atoms with Crippen LogP contribution >= 0.6 is 0 Å². The first-order valence-electron chi connectivity index (χ1n) is 12.3. The molecule has 8 nitrogen and oxygen atoms in total. The largest absolute Gasteiger partial charge is 0.463 e. The number of anilines is 4. The highest BCUT2D eigenvalue weighted by Crippen LogP contribution is 2.27. The molecule has 2 aromatic rings. The van der Waals surface area contributed by atoms with E-state index in [0.29, 0.717) is 35.6 Å². The lowest BCUT2D eigenvalue weighted by molar-refractivity contribution is 0.192. The average Bonchev–Trinajstić information content (AvgIpc) is 3.32. The van der Waals surface area contributed by atoms with E-state index in [4.69, 9.17) is 14.7 Å². The summed E-state index contributed by atoms with van der Waals surface area (Å²) in [4.78, 5) is 19.1. The second kappa shape index (κ2) is 10.5. The van der Waals surface area contributed by atoms with Crippen molar-refractivity contribution in [3.8, 4) is 5.75 Å². The number of fused-ring (bicyclic) bond motifs is 1. The Kier molecular flexibility index (Phi) is 7.04. The van der Waals surface area contributed by atoms with Gasteiger partial charge >= 0.3 is 0 Å². The van der Waals surface area contributed by atoms with Gasteiger partial charge in [-0.3, -0.25) is 4.90 Å². The van der Waals surface area contributed by atoms with Crippen molar-refractivity contribution < 1.29 is 9.13 Å². The van der Waals surface area contributed by atoms with Crippen LogP contribution in [0.25, 0.3) is 0 Å². The van der Waals surface area contributed by atoms with Crippen LogP contribution in [0.4, 0.5) is 27.9 Å². The summed E-state index contributed by atoms with van der Waals surface area (Å²) in [5, 5.41) is 6.75. The number of ether oxygens (including phenoxy) is 1. The molecule has 0 radical (unpaired) electrons. The zero-order valence-corrected chi connectivity index (χ0v) is 19.2. The summed E-state index contributed by atoms with van der Waals surface area (Å²) in [6, 6.07) is 7.76. The highest BCUT2D eigenvalue weighted by molar-refractivity contribution is 5.58. The average molecular weight is 456 g/mol. The maximum atomic E-state index is 12.6. The molecule has 1 atom stereocenters. The van der Waals surface area contributed by atoms with E-state index in [1.165, 1.54) is 51.5 Å². The Bertz CT molecular complexity index is 923. The minimum Gasteiger partial charge on any atom is -0.463 e. The molecule has 33 heavy (non-hydrogen) atoms. The molecule has 0 spiro atoms. The minimum atomic E-state index is -0.859. The number of nitrogens with zero attached hydrogens (tertiary/aromatic N) is 5. The third kappa shape index (κ3) is 5.63. The van der Waals surface area contributed by atoms with Gasteiger partial charge in [0.05, 0.1) is 0 Å². The van der Waals surface area contributed by atoms with E-state index in [2.05, 4.69) is 25.4 Å². The molecule has 9 heteroatoms. The molecule has 1 aromatic carbocycles. The van der Waals surface area contributed by atoms with Gasteiger partial charge in [-0.15, -0.1) is 0 Å². The van der Waals surface area contributed by atoms with Crippen molar-refractivity contribution in [3.63, 3.8) is 0 Å². The predicted molar refractivity (Wildman–Crippen MR) is 128 cm³/mol. The Morgan fingerprint density at radius 1 is 0.970 bits per heavy atom. The van der Waals surface area contributed by atoms with Gasteiger partial charge in [0.2, 0.25) is 24.7 Å². The molecule has 0 bridgehead atoms. The summed E-state index contributed by atoms with van der Waals surface area (Å²) in [6.07, 6.45) is 9.00. The summed E-state index contributed by atoms with van der Waals surface area (Å²) in [6.45, 7) is 4.15. The molecule has 1 saturated carbocycles. The third-order valence-electron chi connectivity index (χ3n) is 7.08. The number of hydrogen-bond donors (Lipinski definition) is 2. The molecular weight excluding hydrogens is 421 g/mol. The first-order valence-corrected chi connectivity index (χ1v) is 12.3. The second-order valence-corrected chi connectivity index (χ2v) is 9.35. The Hall–Kier alpha value is -2.68. The first-order chi connectivity index (χ1) is 16.3. The van der Waals surface area contributed by atoms with Crippen molar-refractivity contribution in [2.75, 3.05) is 55.1 Å². The topological polar surface area (TPSA) is 78.4 Å². The number of aromatic nitrogens is 3. The molecule has 2 aliphatic heterocycles. The van der Waals surface area contributed by atoms with Gasteiger partial charge in [-0.1, -0.05) is 25.3 Å². The lowest BCUT2D eigenvalue weighted by atomic mass is 9.89. The third-order valence-corrected chi connectivity index (χ3v) is 7.08. The van der Waals surface area contributed by atoms with Crippen molar-refractivity contribution in [1.29, 1.82) is 0 Å². The summed E-state index contributed by atoms with van der Waals surface area (Å²) < 4.78 is 17.6. The van der Waals surface area contributed by atoms with E-state index in [1.54, 1.807) is 12.1 Å². The van der Waals surface area contributed by atoms with Gasteiger partial charge in [0.15, 0.2) is 0 Å². The van der Waals surface area contributed by atoms with Crippen LogP contribution in [0.15, 0.2) is 24.3 Å². The van der Waals surface area contributed by atoms with E-state index in [-0.39, 0.29) is 0 Å². The molecule has 3 fully saturated rings. The molecule has 5 rings (SSSR count). The molecule has 2 N–H and O–H groups in total. The van der Waals surface area contributed by atoms with E-state index in [9.17, 15) is 4.39 Å². The van der Waals surface area contributed by atoms with Crippen LogP contribution in [0.5, 0.6) is 5.75 Å². The van der Waals surface area contributed by atoms with Crippen molar-refractivity contribution in [2.24, 2.45) is 5.92 Å². The van der Waals surface area contributed by atoms with Gasteiger partial charge in [-0.25, -0.2) is 4.39 Å². The van der Waals surface area contributed by atoms with E-state index >= 15 is 0 Å². The smallest absolute Gasteiger partial charge is 0.233 e. The zero-order chi connectivity index (χ0) is 22.5. The Morgan fingerprint density at radius 2 is 1.85 bits per heavy atom. The lowest BCUT2D eigenvalue weighted by Gasteiger charge is -2.37. The van der Waals surface area contributed by atoms with Gasteiger partial charge in [0, 0.05) is 44.0 Å². The second-order valence-electron chi connectivity index (χ2n) is 9.35. The van der Waals surface area contributed by atoms with E-state index < -0.39 is 6.86 Å². The summed E-state index contributed by atoms with van der Waals surface area (Å²) in [5.74, 6) is 2.94. The van der Waals surface area contributed by atoms with Gasteiger partial charge in [0.1, 0.15) is 5.75 Å². The SMILES string of the molecule is FCOc1cccc(Nc2nc(NCC3CCCCC3)nc(N3CCN4CCCC4C3)n2)c1. The number of alkyl halides is 1. The van der Waals surface area contributed by atoms with Crippen molar-refractivity contribution >= 4 is 23.5 Å².